The number of oxime groups is 1. The molecule has 1 aromatic heterocycles. The van der Waals surface area contributed by atoms with E-state index in [0.29, 0.717) is 11.3 Å². The minimum atomic E-state index is -0.782. The molecule has 7 heteroatoms. The van der Waals surface area contributed by atoms with Gasteiger partial charge in [-0.05, 0) is 13.0 Å². The number of hydrogen-bond acceptors (Lipinski definition) is 5. The SMILES string of the molecule is COc1cncc(/C(N)=N/OC(=O)C(C)Cl)c1. The van der Waals surface area contributed by atoms with Crippen molar-refractivity contribution in [3.63, 3.8) is 0 Å². The number of carbonyl (C=O) groups excluding carboxylic acids is 1. The Kier molecular flexibility index (Phi) is 4.71. The molecule has 2 N–H and O–H groups in total. The van der Waals surface area contributed by atoms with Crippen molar-refractivity contribution in [1.82, 2.24) is 4.98 Å². The van der Waals surface area contributed by atoms with Gasteiger partial charge in [-0.15, -0.1) is 11.6 Å². The number of ether oxygens (including phenoxy) is 1. The Morgan fingerprint density at radius 2 is 2.29 bits per heavy atom. The topological polar surface area (TPSA) is 86.8 Å². The Labute approximate surface area is 103 Å². The summed E-state index contributed by atoms with van der Waals surface area (Å²) in [5.41, 5.74) is 6.09. The third-order valence-corrected chi connectivity index (χ3v) is 1.98. The lowest BCUT2D eigenvalue weighted by molar-refractivity contribution is -0.142. The molecular weight excluding hydrogens is 246 g/mol. The number of aromatic nitrogens is 1. The number of halogens is 1. The van der Waals surface area contributed by atoms with Gasteiger partial charge in [0.1, 0.15) is 11.1 Å². The van der Waals surface area contributed by atoms with Gasteiger partial charge in [-0.3, -0.25) is 4.98 Å². The molecule has 92 valence electrons. The molecule has 0 radical (unpaired) electrons. The summed E-state index contributed by atoms with van der Waals surface area (Å²) in [6.45, 7) is 1.47. The summed E-state index contributed by atoms with van der Waals surface area (Å²) in [4.78, 5) is 19.4. The molecule has 0 aliphatic rings. The van der Waals surface area contributed by atoms with Gasteiger partial charge in [0.2, 0.25) is 0 Å². The van der Waals surface area contributed by atoms with Crippen molar-refractivity contribution < 1.29 is 14.4 Å². The van der Waals surface area contributed by atoms with Crippen LogP contribution in [-0.4, -0.2) is 29.3 Å². The average Bonchev–Trinajstić information content (AvgIpc) is 2.35. The lowest BCUT2D eigenvalue weighted by Gasteiger charge is -2.03. The number of carbonyl (C=O) groups is 1. The highest BCUT2D eigenvalue weighted by atomic mass is 35.5. The fraction of sp³-hybridized carbons (Fsp3) is 0.300. The molecule has 0 bridgehead atoms. The van der Waals surface area contributed by atoms with E-state index >= 15 is 0 Å². The van der Waals surface area contributed by atoms with Crippen LogP contribution in [0.15, 0.2) is 23.6 Å². The smallest absolute Gasteiger partial charge is 0.352 e. The minimum Gasteiger partial charge on any atom is -0.495 e. The molecule has 0 amide bonds. The third kappa shape index (κ3) is 3.92. The first kappa shape index (κ1) is 13.2. The van der Waals surface area contributed by atoms with Crippen LogP contribution < -0.4 is 10.5 Å². The average molecular weight is 258 g/mol. The lowest BCUT2D eigenvalue weighted by atomic mass is 10.2. The van der Waals surface area contributed by atoms with E-state index in [4.69, 9.17) is 22.1 Å². The Bertz CT molecular complexity index is 435. The molecule has 1 atom stereocenters. The quantitative estimate of drug-likeness (QED) is 0.284. The second-order valence-corrected chi connectivity index (χ2v) is 3.77. The predicted octanol–water partition coefficient (Wildman–Crippen LogP) is 0.881. The molecule has 0 fully saturated rings. The Morgan fingerprint density at radius 3 is 2.88 bits per heavy atom. The normalized spacial score (nSPS) is 13.0. The molecule has 17 heavy (non-hydrogen) atoms. The van der Waals surface area contributed by atoms with Gasteiger partial charge < -0.3 is 15.3 Å². The lowest BCUT2D eigenvalue weighted by Crippen LogP contribution is -2.18. The zero-order chi connectivity index (χ0) is 12.8. The fourth-order valence-corrected chi connectivity index (χ4v) is 0.930. The number of rotatable bonds is 4. The van der Waals surface area contributed by atoms with Gasteiger partial charge in [-0.2, -0.15) is 0 Å². The largest absolute Gasteiger partial charge is 0.495 e. The highest BCUT2D eigenvalue weighted by molar-refractivity contribution is 6.29. The highest BCUT2D eigenvalue weighted by Gasteiger charge is 2.11. The highest BCUT2D eigenvalue weighted by Crippen LogP contribution is 2.10. The monoisotopic (exact) mass is 257 g/mol. The number of amidine groups is 1. The molecule has 0 saturated heterocycles. The third-order valence-electron chi connectivity index (χ3n) is 1.80. The van der Waals surface area contributed by atoms with Gasteiger partial charge in [0.25, 0.3) is 0 Å². The number of alkyl halides is 1. The van der Waals surface area contributed by atoms with E-state index in [1.54, 1.807) is 6.07 Å². The van der Waals surface area contributed by atoms with Crippen LogP contribution in [0.2, 0.25) is 0 Å². The van der Waals surface area contributed by atoms with Crippen LogP contribution >= 0.6 is 11.6 Å². The van der Waals surface area contributed by atoms with E-state index in [0.717, 1.165) is 0 Å². The Morgan fingerprint density at radius 1 is 1.59 bits per heavy atom. The maximum absolute atomic E-state index is 11.0. The van der Waals surface area contributed by atoms with Crippen molar-refractivity contribution >= 4 is 23.4 Å². The van der Waals surface area contributed by atoms with Crippen molar-refractivity contribution in [2.24, 2.45) is 10.9 Å². The molecule has 1 heterocycles. The standard InChI is InChI=1S/C10H12ClN3O3/c1-6(11)10(15)17-14-9(12)7-3-8(16-2)5-13-4-7/h3-6H,1-2H3,(H2,12,14). The molecule has 1 unspecified atom stereocenters. The summed E-state index contributed by atoms with van der Waals surface area (Å²) in [6.07, 6.45) is 2.99. The first-order valence-electron chi connectivity index (χ1n) is 4.72. The van der Waals surface area contributed by atoms with E-state index in [1.807, 2.05) is 0 Å². The molecule has 0 spiro atoms. The van der Waals surface area contributed by atoms with Gasteiger partial charge in [-0.25, -0.2) is 4.79 Å². The van der Waals surface area contributed by atoms with Gasteiger partial charge in [0.15, 0.2) is 5.84 Å². The summed E-state index contributed by atoms with van der Waals surface area (Å²) in [7, 11) is 1.50. The van der Waals surface area contributed by atoms with Crippen molar-refractivity contribution in [2.75, 3.05) is 7.11 Å². The molecule has 0 saturated carbocycles. The summed E-state index contributed by atoms with van der Waals surface area (Å²) in [5.74, 6) is -0.134. The second kappa shape index (κ2) is 6.05. The van der Waals surface area contributed by atoms with Gasteiger partial charge >= 0.3 is 5.97 Å². The van der Waals surface area contributed by atoms with Gasteiger partial charge in [-0.1, -0.05) is 5.16 Å². The minimum absolute atomic E-state index is 0.0158. The second-order valence-electron chi connectivity index (χ2n) is 3.12. The van der Waals surface area contributed by atoms with Crippen LogP contribution in [0.25, 0.3) is 0 Å². The van der Waals surface area contributed by atoms with Crippen LogP contribution in [0.3, 0.4) is 0 Å². The number of nitrogens with zero attached hydrogens (tertiary/aromatic N) is 2. The Hall–Kier alpha value is -1.82. The number of hydrogen-bond donors (Lipinski definition) is 1. The first-order chi connectivity index (χ1) is 8.04. The maximum atomic E-state index is 11.0. The van der Waals surface area contributed by atoms with Crippen LogP contribution in [-0.2, 0) is 9.63 Å². The maximum Gasteiger partial charge on any atom is 0.352 e. The molecular formula is C10H12ClN3O3. The zero-order valence-electron chi connectivity index (χ0n) is 9.38. The molecule has 6 nitrogen and oxygen atoms in total. The van der Waals surface area contributed by atoms with E-state index in [1.165, 1.54) is 26.4 Å². The molecule has 1 aromatic rings. The summed E-state index contributed by atoms with van der Waals surface area (Å²) < 4.78 is 4.97. The van der Waals surface area contributed by atoms with Crippen LogP contribution in [0.1, 0.15) is 12.5 Å². The van der Waals surface area contributed by atoms with Crippen molar-refractivity contribution in [2.45, 2.75) is 12.3 Å². The van der Waals surface area contributed by atoms with Crippen LogP contribution in [0, 0.1) is 0 Å². The van der Waals surface area contributed by atoms with Crippen molar-refractivity contribution in [3.05, 3.63) is 24.0 Å². The van der Waals surface area contributed by atoms with Crippen LogP contribution in [0.4, 0.5) is 0 Å². The summed E-state index contributed by atoms with van der Waals surface area (Å²) in [6, 6.07) is 1.61. The van der Waals surface area contributed by atoms with Gasteiger partial charge in [0, 0.05) is 11.8 Å². The summed E-state index contributed by atoms with van der Waals surface area (Å²) in [5, 5.41) is 2.67. The number of pyridine rings is 1. The zero-order valence-corrected chi connectivity index (χ0v) is 10.1. The van der Waals surface area contributed by atoms with Gasteiger partial charge in [0.05, 0.1) is 13.3 Å². The van der Waals surface area contributed by atoms with Crippen molar-refractivity contribution in [3.8, 4) is 5.75 Å². The molecule has 0 aromatic carbocycles. The molecule has 1 rings (SSSR count). The fourth-order valence-electron chi connectivity index (χ4n) is 0.890. The van der Waals surface area contributed by atoms with E-state index in [9.17, 15) is 4.79 Å². The van der Waals surface area contributed by atoms with E-state index in [2.05, 4.69) is 15.0 Å². The Balaban J connectivity index is 2.77. The number of nitrogens with two attached hydrogens (primary N) is 1. The molecule has 0 aliphatic carbocycles. The van der Waals surface area contributed by atoms with E-state index in [-0.39, 0.29) is 5.84 Å². The van der Waals surface area contributed by atoms with Crippen molar-refractivity contribution in [1.29, 1.82) is 0 Å². The number of methoxy groups -OCH3 is 1. The van der Waals surface area contributed by atoms with E-state index < -0.39 is 11.3 Å². The molecule has 0 aliphatic heterocycles. The van der Waals surface area contributed by atoms with Crippen LogP contribution in [0.5, 0.6) is 5.75 Å². The summed E-state index contributed by atoms with van der Waals surface area (Å²) >= 11 is 5.49. The predicted molar refractivity (Wildman–Crippen MR) is 62.9 cm³/mol. The first-order valence-corrected chi connectivity index (χ1v) is 5.16.